The van der Waals surface area contributed by atoms with Crippen LogP contribution in [0.2, 0.25) is 0 Å². The monoisotopic (exact) mass is 446 g/mol. The van der Waals surface area contributed by atoms with Crippen molar-refractivity contribution >= 4 is 11.9 Å². The number of carbonyl (C=O) groups excluding carboxylic acids is 1. The zero-order valence-corrected chi connectivity index (χ0v) is 17.3. The van der Waals surface area contributed by atoms with Crippen LogP contribution in [0.3, 0.4) is 0 Å². The van der Waals surface area contributed by atoms with Crippen LogP contribution in [0.4, 0.5) is 23.5 Å². The number of hydrogen-bond donors (Lipinski definition) is 1. The zero-order valence-electron chi connectivity index (χ0n) is 17.3. The number of rotatable bonds is 9. The van der Waals surface area contributed by atoms with Crippen molar-refractivity contribution in [2.45, 2.75) is 19.3 Å². The maximum atomic E-state index is 14.1. The number of hydrogen-bond acceptors (Lipinski definition) is 7. The van der Waals surface area contributed by atoms with Crippen molar-refractivity contribution in [1.29, 1.82) is 0 Å². The van der Waals surface area contributed by atoms with E-state index >= 15 is 0 Å². The molecule has 12 heteroatoms. The number of carbonyl (C=O) groups is 1. The molecule has 1 N–H and O–H groups in total. The molecule has 8 nitrogen and oxygen atoms in total. The number of anilines is 1. The van der Waals surface area contributed by atoms with Crippen LogP contribution in [0, 0.1) is 5.82 Å². The number of benzene rings is 1. The molecule has 1 aromatic heterocycles. The highest BCUT2D eigenvalue weighted by Gasteiger charge is 2.32. The molecule has 0 saturated heterocycles. The van der Waals surface area contributed by atoms with Crippen LogP contribution >= 0.6 is 0 Å². The van der Waals surface area contributed by atoms with E-state index in [0.29, 0.717) is 6.54 Å². The number of nitrogens with one attached hydrogen (secondary N) is 1. The number of methoxy groups -OCH3 is 2. The third kappa shape index (κ3) is 6.67. The van der Waals surface area contributed by atoms with E-state index in [2.05, 4.69) is 20.0 Å². The lowest BCUT2D eigenvalue weighted by atomic mass is 10.1. The van der Waals surface area contributed by atoms with Gasteiger partial charge in [-0.2, -0.15) is 4.98 Å². The first kappa shape index (κ1) is 24.1. The Bertz CT molecular complexity index is 911. The van der Waals surface area contributed by atoms with Gasteiger partial charge in [-0.1, -0.05) is 6.07 Å². The topological polar surface area (TPSA) is 85.8 Å². The Morgan fingerprint density at radius 3 is 2.48 bits per heavy atom. The van der Waals surface area contributed by atoms with Gasteiger partial charge in [0, 0.05) is 26.8 Å². The van der Waals surface area contributed by atoms with Crippen LogP contribution in [0.5, 0.6) is 11.6 Å². The molecule has 0 radical (unpaired) electrons. The molecule has 2 aromatic rings. The van der Waals surface area contributed by atoms with Crippen molar-refractivity contribution < 1.29 is 36.6 Å². The summed E-state index contributed by atoms with van der Waals surface area (Å²) in [5.41, 5.74) is 0.162. The van der Waals surface area contributed by atoms with Gasteiger partial charge in [-0.05, 0) is 24.6 Å². The molecular formula is C19H22F4N4O4. The molecule has 0 aliphatic heterocycles. The van der Waals surface area contributed by atoms with Gasteiger partial charge in [0.2, 0.25) is 11.8 Å². The Morgan fingerprint density at radius 2 is 1.94 bits per heavy atom. The maximum absolute atomic E-state index is 14.1. The van der Waals surface area contributed by atoms with E-state index in [4.69, 9.17) is 9.47 Å². The lowest BCUT2D eigenvalue weighted by Gasteiger charge is -2.20. The Hall–Kier alpha value is -3.15. The van der Waals surface area contributed by atoms with Gasteiger partial charge < -0.3 is 24.4 Å². The standard InChI is InChI=1S/C19H22F4N4O4/c1-5-27(2)18-25-13(9-16(26-18)30-4)17(28)24-14(10-29-3)11-6-7-15(12(20)8-11)31-19(21,22)23/h6-9,14H,5,10H2,1-4H3,(H,24,28)/t14-/m1/s1. The van der Waals surface area contributed by atoms with Crippen LogP contribution in [0.25, 0.3) is 0 Å². The highest BCUT2D eigenvalue weighted by Crippen LogP contribution is 2.28. The molecular weight excluding hydrogens is 424 g/mol. The highest BCUT2D eigenvalue weighted by molar-refractivity contribution is 5.93. The van der Waals surface area contributed by atoms with Crippen LogP contribution in [0.15, 0.2) is 24.3 Å². The summed E-state index contributed by atoms with van der Waals surface area (Å²) >= 11 is 0. The number of aromatic nitrogens is 2. The summed E-state index contributed by atoms with van der Waals surface area (Å²) in [4.78, 5) is 22.8. The van der Waals surface area contributed by atoms with E-state index in [1.807, 2.05) is 6.92 Å². The second-order valence-corrected chi connectivity index (χ2v) is 6.33. The molecule has 1 atom stereocenters. The first-order valence-corrected chi connectivity index (χ1v) is 9.07. The number of halogens is 4. The van der Waals surface area contributed by atoms with Crippen molar-refractivity contribution in [2.75, 3.05) is 39.3 Å². The molecule has 0 spiro atoms. The van der Waals surface area contributed by atoms with Gasteiger partial charge in [-0.15, -0.1) is 13.2 Å². The molecule has 0 saturated carbocycles. The minimum absolute atomic E-state index is 0.0132. The predicted octanol–water partition coefficient (Wildman–Crippen LogP) is 3.10. The normalized spacial score (nSPS) is 12.3. The second kappa shape index (κ2) is 10.2. The Kier molecular flexibility index (Phi) is 7.97. The number of alkyl halides is 3. The van der Waals surface area contributed by atoms with Crippen molar-refractivity contribution in [3.05, 3.63) is 41.3 Å². The molecule has 0 aliphatic rings. The first-order valence-electron chi connectivity index (χ1n) is 9.07. The maximum Gasteiger partial charge on any atom is 0.573 e. The minimum atomic E-state index is -5.03. The highest BCUT2D eigenvalue weighted by atomic mass is 19.4. The van der Waals surface area contributed by atoms with Crippen molar-refractivity contribution in [3.8, 4) is 11.6 Å². The van der Waals surface area contributed by atoms with E-state index in [1.54, 1.807) is 11.9 Å². The fourth-order valence-electron chi connectivity index (χ4n) is 2.51. The summed E-state index contributed by atoms with van der Waals surface area (Å²) in [7, 11) is 4.48. The van der Waals surface area contributed by atoms with E-state index in [-0.39, 0.29) is 29.7 Å². The molecule has 0 unspecified atom stereocenters. The summed E-state index contributed by atoms with van der Waals surface area (Å²) in [5.74, 6) is -2.43. The summed E-state index contributed by atoms with van der Waals surface area (Å²) in [5, 5.41) is 2.62. The molecule has 1 aromatic carbocycles. The van der Waals surface area contributed by atoms with E-state index in [0.717, 1.165) is 12.1 Å². The van der Waals surface area contributed by atoms with Crippen LogP contribution < -0.4 is 19.7 Å². The SMILES string of the molecule is CCN(C)c1nc(OC)cc(C(=O)N[C@H](COC)c2ccc(OC(F)(F)F)c(F)c2)n1. The Morgan fingerprint density at radius 1 is 1.23 bits per heavy atom. The molecule has 1 heterocycles. The van der Waals surface area contributed by atoms with E-state index < -0.39 is 29.9 Å². The van der Waals surface area contributed by atoms with E-state index in [9.17, 15) is 22.4 Å². The van der Waals surface area contributed by atoms with Crippen molar-refractivity contribution in [3.63, 3.8) is 0 Å². The van der Waals surface area contributed by atoms with Gasteiger partial charge in [-0.25, -0.2) is 9.37 Å². The lowest BCUT2D eigenvalue weighted by molar-refractivity contribution is -0.275. The van der Waals surface area contributed by atoms with Gasteiger partial charge in [0.15, 0.2) is 11.6 Å². The van der Waals surface area contributed by atoms with Crippen LogP contribution in [-0.2, 0) is 4.74 Å². The summed E-state index contributed by atoms with van der Waals surface area (Å²) in [6.45, 7) is 2.37. The average Bonchev–Trinajstić information content (AvgIpc) is 2.72. The summed E-state index contributed by atoms with van der Waals surface area (Å²) in [6, 6.07) is 3.31. The predicted molar refractivity (Wildman–Crippen MR) is 103 cm³/mol. The number of amides is 1. The second-order valence-electron chi connectivity index (χ2n) is 6.33. The van der Waals surface area contributed by atoms with Gasteiger partial charge in [-0.3, -0.25) is 4.79 Å². The molecule has 1 amide bonds. The summed E-state index contributed by atoms with van der Waals surface area (Å²) in [6.07, 6.45) is -5.03. The van der Waals surface area contributed by atoms with Gasteiger partial charge >= 0.3 is 6.36 Å². The van der Waals surface area contributed by atoms with Crippen molar-refractivity contribution in [2.24, 2.45) is 0 Å². The first-order chi connectivity index (χ1) is 14.6. The Balaban J connectivity index is 2.29. The largest absolute Gasteiger partial charge is 0.573 e. The Labute approximate surface area is 176 Å². The quantitative estimate of drug-likeness (QED) is 0.593. The molecule has 0 aliphatic carbocycles. The minimum Gasteiger partial charge on any atom is -0.481 e. The number of ether oxygens (including phenoxy) is 3. The van der Waals surface area contributed by atoms with Crippen LogP contribution in [0.1, 0.15) is 29.0 Å². The van der Waals surface area contributed by atoms with E-state index in [1.165, 1.54) is 26.4 Å². The smallest absolute Gasteiger partial charge is 0.481 e. The molecule has 0 bridgehead atoms. The average molecular weight is 446 g/mol. The zero-order chi connectivity index (χ0) is 23.2. The van der Waals surface area contributed by atoms with Gasteiger partial charge in [0.25, 0.3) is 5.91 Å². The third-order valence-electron chi connectivity index (χ3n) is 4.17. The molecule has 2 rings (SSSR count). The lowest BCUT2D eigenvalue weighted by Crippen LogP contribution is -2.32. The fraction of sp³-hybridized carbons (Fsp3) is 0.421. The molecule has 170 valence electrons. The third-order valence-corrected chi connectivity index (χ3v) is 4.17. The number of nitrogens with zero attached hydrogens (tertiary/aromatic N) is 3. The molecule has 0 fully saturated rings. The summed E-state index contributed by atoms with van der Waals surface area (Å²) < 4.78 is 64.9. The van der Waals surface area contributed by atoms with Gasteiger partial charge in [0.05, 0.1) is 19.8 Å². The van der Waals surface area contributed by atoms with Crippen molar-refractivity contribution in [1.82, 2.24) is 15.3 Å². The van der Waals surface area contributed by atoms with Crippen LogP contribution in [-0.4, -0.2) is 56.7 Å². The van der Waals surface area contributed by atoms with Gasteiger partial charge in [0.1, 0.15) is 5.69 Å². The molecule has 31 heavy (non-hydrogen) atoms. The fourth-order valence-corrected chi connectivity index (χ4v) is 2.51.